The van der Waals surface area contributed by atoms with Crippen LogP contribution in [0.3, 0.4) is 0 Å². The Morgan fingerprint density at radius 3 is 2.95 bits per heavy atom. The second kappa shape index (κ2) is 5.70. The average Bonchev–Trinajstić information content (AvgIpc) is 2.73. The summed E-state index contributed by atoms with van der Waals surface area (Å²) in [5.74, 6) is 0.946. The Labute approximate surface area is 129 Å². The number of rotatable bonds is 3. The minimum Gasteiger partial charge on any atom is -0.493 e. The largest absolute Gasteiger partial charge is 0.493 e. The molecule has 0 bridgehead atoms. The van der Waals surface area contributed by atoms with Crippen molar-refractivity contribution in [1.29, 1.82) is 0 Å². The number of ether oxygens (including phenoxy) is 1. The van der Waals surface area contributed by atoms with E-state index in [9.17, 15) is 5.11 Å². The summed E-state index contributed by atoms with van der Waals surface area (Å²) >= 11 is 6.28. The van der Waals surface area contributed by atoms with Crippen LogP contribution >= 0.6 is 11.6 Å². The highest BCUT2D eigenvalue weighted by Gasteiger charge is 2.29. The quantitative estimate of drug-likeness (QED) is 0.948. The molecule has 5 heteroatoms. The fourth-order valence-electron chi connectivity index (χ4n) is 3.01. The van der Waals surface area contributed by atoms with Crippen molar-refractivity contribution < 1.29 is 9.84 Å². The van der Waals surface area contributed by atoms with Gasteiger partial charge in [-0.05, 0) is 25.0 Å². The Balaban J connectivity index is 1.85. The van der Waals surface area contributed by atoms with Gasteiger partial charge in [-0.3, -0.25) is 4.68 Å². The topological polar surface area (TPSA) is 47.3 Å². The molecule has 3 rings (SSSR count). The molecule has 112 valence electrons. The molecule has 1 aliphatic rings. The van der Waals surface area contributed by atoms with E-state index >= 15 is 0 Å². The lowest BCUT2D eigenvalue weighted by Crippen LogP contribution is -2.27. The molecule has 0 saturated carbocycles. The Morgan fingerprint density at radius 1 is 1.48 bits per heavy atom. The van der Waals surface area contributed by atoms with Crippen LogP contribution in [-0.2, 0) is 13.5 Å². The molecule has 1 aromatic carbocycles. The molecule has 0 amide bonds. The summed E-state index contributed by atoms with van der Waals surface area (Å²) < 4.78 is 7.41. The van der Waals surface area contributed by atoms with Gasteiger partial charge in [0.2, 0.25) is 0 Å². The van der Waals surface area contributed by atoms with Crippen LogP contribution in [0.1, 0.15) is 29.3 Å². The van der Waals surface area contributed by atoms with Gasteiger partial charge in [0.15, 0.2) is 0 Å². The van der Waals surface area contributed by atoms with Crippen molar-refractivity contribution in [2.45, 2.75) is 31.8 Å². The number of hydrogen-bond acceptors (Lipinski definition) is 3. The summed E-state index contributed by atoms with van der Waals surface area (Å²) in [7, 11) is 1.86. The number of aliphatic hydroxyl groups excluding tert-OH is 1. The summed E-state index contributed by atoms with van der Waals surface area (Å²) in [6, 6.07) is 7.91. The van der Waals surface area contributed by atoms with Gasteiger partial charge in [-0.15, -0.1) is 0 Å². The van der Waals surface area contributed by atoms with Gasteiger partial charge >= 0.3 is 0 Å². The van der Waals surface area contributed by atoms with E-state index in [2.05, 4.69) is 5.10 Å². The number of aryl methyl sites for hydroxylation is 2. The molecular weight excluding hydrogens is 288 g/mol. The van der Waals surface area contributed by atoms with Gasteiger partial charge in [0.05, 0.1) is 29.1 Å². The number of para-hydroxylation sites is 1. The maximum Gasteiger partial charge on any atom is 0.122 e. The van der Waals surface area contributed by atoms with E-state index in [1.807, 2.05) is 38.2 Å². The van der Waals surface area contributed by atoms with Gasteiger partial charge in [-0.25, -0.2) is 0 Å². The smallest absolute Gasteiger partial charge is 0.122 e. The van der Waals surface area contributed by atoms with Gasteiger partial charge in [0.1, 0.15) is 5.75 Å². The number of nitrogens with zero attached hydrogens (tertiary/aromatic N) is 2. The van der Waals surface area contributed by atoms with Gasteiger partial charge < -0.3 is 9.84 Å². The highest BCUT2D eigenvalue weighted by molar-refractivity contribution is 6.31. The fourth-order valence-corrected chi connectivity index (χ4v) is 3.25. The summed E-state index contributed by atoms with van der Waals surface area (Å²) in [6.07, 6.45) is 0.810. The molecule has 2 unspecified atom stereocenters. The molecular formula is C16H19ClN2O2. The highest BCUT2D eigenvalue weighted by atomic mass is 35.5. The molecule has 1 aromatic heterocycles. The van der Waals surface area contributed by atoms with Gasteiger partial charge in [-0.2, -0.15) is 5.10 Å². The molecule has 1 N–H and O–H groups in total. The number of aromatic nitrogens is 2. The maximum atomic E-state index is 10.7. The lowest BCUT2D eigenvalue weighted by Gasteiger charge is -2.29. The Bertz CT molecular complexity index is 654. The first-order chi connectivity index (χ1) is 10.1. The van der Waals surface area contributed by atoms with Crippen molar-refractivity contribution in [1.82, 2.24) is 9.78 Å². The second-order valence-electron chi connectivity index (χ2n) is 5.52. The molecule has 21 heavy (non-hydrogen) atoms. The third kappa shape index (κ3) is 2.65. The number of benzene rings is 1. The summed E-state index contributed by atoms with van der Waals surface area (Å²) in [4.78, 5) is 0. The zero-order valence-electron chi connectivity index (χ0n) is 12.2. The molecule has 2 aromatic rings. The predicted octanol–water partition coefficient (Wildman–Crippen LogP) is 2.85. The first kappa shape index (κ1) is 14.4. The van der Waals surface area contributed by atoms with E-state index in [1.54, 1.807) is 4.68 Å². The molecule has 0 radical (unpaired) electrons. The lowest BCUT2D eigenvalue weighted by atomic mass is 9.86. The SMILES string of the molecule is Cc1nn(C)c(CC(O)C2CCOc3ccccc32)c1Cl. The maximum absolute atomic E-state index is 10.7. The lowest BCUT2D eigenvalue weighted by molar-refractivity contribution is 0.115. The minimum atomic E-state index is -0.498. The summed E-state index contributed by atoms with van der Waals surface area (Å²) in [6.45, 7) is 2.51. The van der Waals surface area contributed by atoms with Crippen LogP contribution in [0.15, 0.2) is 24.3 Å². The molecule has 4 nitrogen and oxygen atoms in total. The molecule has 1 aliphatic heterocycles. The van der Waals surface area contributed by atoms with E-state index < -0.39 is 6.10 Å². The van der Waals surface area contributed by atoms with Gasteiger partial charge in [0.25, 0.3) is 0 Å². The minimum absolute atomic E-state index is 0.0706. The normalized spacial score (nSPS) is 19.0. The third-order valence-corrected chi connectivity index (χ3v) is 4.63. The van der Waals surface area contributed by atoms with Crippen LogP contribution in [0, 0.1) is 6.92 Å². The monoisotopic (exact) mass is 306 g/mol. The van der Waals surface area contributed by atoms with Gasteiger partial charge in [0, 0.05) is 19.4 Å². The Kier molecular flexibility index (Phi) is 3.91. The molecule has 0 spiro atoms. The average molecular weight is 307 g/mol. The summed E-state index contributed by atoms with van der Waals surface area (Å²) in [5.41, 5.74) is 2.76. The van der Waals surface area contributed by atoms with Crippen molar-refractivity contribution in [2.75, 3.05) is 6.61 Å². The van der Waals surface area contributed by atoms with E-state index in [4.69, 9.17) is 16.3 Å². The van der Waals surface area contributed by atoms with E-state index in [1.165, 1.54) is 0 Å². The Hall–Kier alpha value is -1.52. The molecule has 0 saturated heterocycles. The Morgan fingerprint density at radius 2 is 2.24 bits per heavy atom. The van der Waals surface area contributed by atoms with E-state index in [0.717, 1.165) is 29.1 Å². The van der Waals surface area contributed by atoms with Gasteiger partial charge in [-0.1, -0.05) is 29.8 Å². The zero-order valence-corrected chi connectivity index (χ0v) is 13.0. The van der Waals surface area contributed by atoms with Crippen LogP contribution in [0.25, 0.3) is 0 Å². The molecule has 2 heterocycles. The molecule has 0 fully saturated rings. The number of hydrogen-bond donors (Lipinski definition) is 1. The van der Waals surface area contributed by atoms with Crippen molar-refractivity contribution in [3.8, 4) is 5.75 Å². The predicted molar refractivity (Wildman–Crippen MR) is 82.0 cm³/mol. The number of fused-ring (bicyclic) bond motifs is 1. The van der Waals surface area contributed by atoms with Crippen LogP contribution in [-0.4, -0.2) is 27.6 Å². The number of aliphatic hydroxyl groups is 1. The fraction of sp³-hybridized carbons (Fsp3) is 0.438. The van der Waals surface area contributed by atoms with E-state index in [0.29, 0.717) is 18.1 Å². The third-order valence-electron chi connectivity index (χ3n) is 4.13. The molecule has 0 aliphatic carbocycles. The molecule has 2 atom stereocenters. The standard InChI is InChI=1S/C16H19ClN2O2/c1-10-16(17)13(19(2)18-10)9-14(20)11-7-8-21-15-6-4-3-5-12(11)15/h3-6,11,14,20H,7-9H2,1-2H3. The zero-order chi connectivity index (χ0) is 15.0. The van der Waals surface area contributed by atoms with E-state index in [-0.39, 0.29) is 5.92 Å². The van der Waals surface area contributed by atoms with Crippen molar-refractivity contribution in [3.63, 3.8) is 0 Å². The van der Waals surface area contributed by atoms with Crippen molar-refractivity contribution in [2.24, 2.45) is 7.05 Å². The van der Waals surface area contributed by atoms with Crippen molar-refractivity contribution in [3.05, 3.63) is 46.2 Å². The highest BCUT2D eigenvalue weighted by Crippen LogP contribution is 2.37. The summed E-state index contributed by atoms with van der Waals surface area (Å²) in [5, 5.41) is 15.6. The van der Waals surface area contributed by atoms with Crippen LogP contribution in [0.4, 0.5) is 0 Å². The van der Waals surface area contributed by atoms with Crippen molar-refractivity contribution >= 4 is 11.6 Å². The first-order valence-corrected chi connectivity index (χ1v) is 7.53. The second-order valence-corrected chi connectivity index (χ2v) is 5.90. The number of halogens is 1. The van der Waals surface area contributed by atoms with Crippen LogP contribution < -0.4 is 4.74 Å². The van der Waals surface area contributed by atoms with Crippen LogP contribution in [0.2, 0.25) is 5.02 Å². The first-order valence-electron chi connectivity index (χ1n) is 7.15. The van der Waals surface area contributed by atoms with Crippen LogP contribution in [0.5, 0.6) is 5.75 Å².